The molecule has 0 fully saturated rings. The highest BCUT2D eigenvalue weighted by Crippen LogP contribution is 2.32. The number of benzene rings is 3. The summed E-state index contributed by atoms with van der Waals surface area (Å²) in [6, 6.07) is 19.3. The first-order valence-corrected chi connectivity index (χ1v) is 12.3. The summed E-state index contributed by atoms with van der Waals surface area (Å²) in [7, 11) is -3.70. The van der Waals surface area contributed by atoms with Crippen LogP contribution >= 0.6 is 34.5 Å². The molecule has 2 N–H and O–H groups in total. The van der Waals surface area contributed by atoms with Crippen LogP contribution in [0.25, 0.3) is 11.3 Å². The van der Waals surface area contributed by atoms with E-state index in [4.69, 9.17) is 23.2 Å². The van der Waals surface area contributed by atoms with Crippen molar-refractivity contribution in [1.29, 1.82) is 0 Å². The van der Waals surface area contributed by atoms with Gasteiger partial charge in [0.05, 0.1) is 15.6 Å². The smallest absolute Gasteiger partial charge is 0.261 e. The van der Waals surface area contributed by atoms with Gasteiger partial charge in [-0.1, -0.05) is 41.4 Å². The van der Waals surface area contributed by atoms with Gasteiger partial charge in [-0.15, -0.1) is 11.3 Å². The number of halogens is 2. The number of thiazole rings is 1. The topological polar surface area (TPSA) is 88.2 Å². The fourth-order valence-electron chi connectivity index (χ4n) is 2.82. The molecule has 6 nitrogen and oxygen atoms in total. The average Bonchev–Trinajstić information content (AvgIpc) is 3.22. The van der Waals surface area contributed by atoms with Crippen LogP contribution in [0, 0.1) is 0 Å². The summed E-state index contributed by atoms with van der Waals surface area (Å²) in [5.74, 6) is -0.370. The normalized spacial score (nSPS) is 11.2. The summed E-state index contributed by atoms with van der Waals surface area (Å²) in [6.07, 6.45) is 0. The van der Waals surface area contributed by atoms with Crippen molar-refractivity contribution < 1.29 is 13.2 Å². The van der Waals surface area contributed by atoms with Crippen LogP contribution in [-0.4, -0.2) is 19.3 Å². The van der Waals surface area contributed by atoms with E-state index in [1.807, 2.05) is 0 Å². The maximum Gasteiger partial charge on any atom is 0.261 e. The summed E-state index contributed by atoms with van der Waals surface area (Å²) in [4.78, 5) is 17.1. The quantitative estimate of drug-likeness (QED) is 0.329. The fraction of sp³-hybridized carbons (Fsp3) is 0. The lowest BCUT2D eigenvalue weighted by atomic mass is 10.2. The minimum absolute atomic E-state index is 0.155. The lowest BCUT2D eigenvalue weighted by molar-refractivity contribution is 0.102. The lowest BCUT2D eigenvalue weighted by Crippen LogP contribution is -2.14. The van der Waals surface area contributed by atoms with Gasteiger partial charge in [0, 0.05) is 27.2 Å². The van der Waals surface area contributed by atoms with Gasteiger partial charge in [0.1, 0.15) is 0 Å². The molecule has 0 saturated heterocycles. The molecule has 0 radical (unpaired) electrons. The van der Waals surface area contributed by atoms with E-state index >= 15 is 0 Å². The Hall–Kier alpha value is -2.91. The van der Waals surface area contributed by atoms with E-state index in [-0.39, 0.29) is 10.8 Å². The van der Waals surface area contributed by atoms with Crippen molar-refractivity contribution in [3.05, 3.63) is 93.8 Å². The van der Waals surface area contributed by atoms with Gasteiger partial charge in [0.15, 0.2) is 5.13 Å². The molecular formula is C22H15Cl2N3O3S2. The molecular weight excluding hydrogens is 489 g/mol. The Morgan fingerprint density at radius 2 is 1.66 bits per heavy atom. The van der Waals surface area contributed by atoms with Crippen molar-refractivity contribution in [1.82, 2.24) is 4.98 Å². The van der Waals surface area contributed by atoms with Gasteiger partial charge in [-0.25, -0.2) is 13.4 Å². The highest BCUT2D eigenvalue weighted by Gasteiger charge is 2.15. The summed E-state index contributed by atoms with van der Waals surface area (Å²) in [6.45, 7) is 0. The molecule has 32 heavy (non-hydrogen) atoms. The third kappa shape index (κ3) is 5.11. The van der Waals surface area contributed by atoms with Gasteiger partial charge in [0.25, 0.3) is 15.9 Å². The zero-order chi connectivity index (χ0) is 22.7. The van der Waals surface area contributed by atoms with Crippen LogP contribution in [0.2, 0.25) is 10.0 Å². The molecule has 3 aromatic carbocycles. The Balaban J connectivity index is 1.44. The second kappa shape index (κ2) is 9.30. The molecule has 4 rings (SSSR count). The van der Waals surface area contributed by atoms with E-state index in [1.165, 1.54) is 47.7 Å². The number of aromatic nitrogens is 1. The maximum atomic E-state index is 12.6. The van der Waals surface area contributed by atoms with Crippen LogP contribution in [0.3, 0.4) is 0 Å². The van der Waals surface area contributed by atoms with Crippen LogP contribution in [0.1, 0.15) is 10.4 Å². The zero-order valence-corrected chi connectivity index (χ0v) is 19.4. The molecule has 1 aromatic heterocycles. The summed E-state index contributed by atoms with van der Waals surface area (Å²) < 4.78 is 27.3. The molecule has 10 heteroatoms. The number of carbonyl (C=O) groups excluding carboxylic acids is 1. The predicted octanol–water partition coefficient (Wildman–Crippen LogP) is 6.17. The number of nitrogens with one attached hydrogen (secondary N) is 2. The third-order valence-corrected chi connectivity index (χ3v) is 7.09. The largest absolute Gasteiger partial charge is 0.298 e. The van der Waals surface area contributed by atoms with E-state index in [1.54, 1.807) is 41.8 Å². The Morgan fingerprint density at radius 3 is 2.34 bits per heavy atom. The highest BCUT2D eigenvalue weighted by molar-refractivity contribution is 7.92. The van der Waals surface area contributed by atoms with Crippen molar-refractivity contribution in [2.75, 3.05) is 10.0 Å². The molecule has 0 aliphatic carbocycles. The number of rotatable bonds is 6. The Kier molecular flexibility index (Phi) is 6.48. The zero-order valence-electron chi connectivity index (χ0n) is 16.2. The van der Waals surface area contributed by atoms with Gasteiger partial charge in [-0.2, -0.15) is 0 Å². The number of nitrogens with zero attached hydrogens (tertiary/aromatic N) is 1. The van der Waals surface area contributed by atoms with E-state index < -0.39 is 10.0 Å². The minimum atomic E-state index is -3.70. The lowest BCUT2D eigenvalue weighted by Gasteiger charge is -2.08. The van der Waals surface area contributed by atoms with E-state index in [9.17, 15) is 13.2 Å². The second-order valence-corrected chi connectivity index (χ2v) is 10.00. The number of amides is 1. The second-order valence-electron chi connectivity index (χ2n) is 6.61. The Labute approximate surface area is 198 Å². The first kappa shape index (κ1) is 22.3. The number of sulfonamides is 1. The van der Waals surface area contributed by atoms with Crippen LogP contribution in [0.5, 0.6) is 0 Å². The van der Waals surface area contributed by atoms with Gasteiger partial charge < -0.3 is 0 Å². The molecule has 0 aliphatic rings. The molecule has 4 aromatic rings. The molecule has 0 saturated carbocycles. The Bertz CT molecular complexity index is 1370. The highest BCUT2D eigenvalue weighted by atomic mass is 35.5. The predicted molar refractivity (Wildman–Crippen MR) is 129 cm³/mol. The standard InChI is InChI=1S/C22H15Cl2N3O3S2/c23-15-8-11-18(19(24)12-15)20-13-31-22(25-20)26-21(28)14-6-9-16(10-7-14)27-32(29,30)17-4-2-1-3-5-17/h1-13,27H,(H,25,26,28). The number of anilines is 2. The molecule has 1 heterocycles. The number of hydrogen-bond acceptors (Lipinski definition) is 5. The number of carbonyl (C=O) groups is 1. The van der Waals surface area contributed by atoms with Gasteiger partial charge in [0.2, 0.25) is 0 Å². The molecule has 162 valence electrons. The van der Waals surface area contributed by atoms with Crippen molar-refractivity contribution in [2.45, 2.75) is 4.90 Å². The molecule has 0 atom stereocenters. The molecule has 0 unspecified atom stereocenters. The molecule has 1 amide bonds. The third-order valence-electron chi connectivity index (χ3n) is 4.38. The molecule has 0 spiro atoms. The number of hydrogen-bond donors (Lipinski definition) is 2. The van der Waals surface area contributed by atoms with E-state index in [0.29, 0.717) is 37.7 Å². The van der Waals surface area contributed by atoms with Gasteiger partial charge >= 0.3 is 0 Å². The molecule has 0 aliphatic heterocycles. The van der Waals surface area contributed by atoms with Crippen LogP contribution < -0.4 is 10.0 Å². The SMILES string of the molecule is O=C(Nc1nc(-c2ccc(Cl)cc2Cl)cs1)c1ccc(NS(=O)(=O)c2ccccc2)cc1. The first-order valence-electron chi connectivity index (χ1n) is 9.22. The van der Waals surface area contributed by atoms with Crippen molar-refractivity contribution in [3.63, 3.8) is 0 Å². The van der Waals surface area contributed by atoms with E-state index in [0.717, 1.165) is 0 Å². The monoisotopic (exact) mass is 503 g/mol. The van der Waals surface area contributed by atoms with Gasteiger partial charge in [-0.05, 0) is 54.6 Å². The van der Waals surface area contributed by atoms with Crippen LogP contribution in [-0.2, 0) is 10.0 Å². The average molecular weight is 504 g/mol. The van der Waals surface area contributed by atoms with Crippen LogP contribution in [0.4, 0.5) is 10.8 Å². The maximum absolute atomic E-state index is 12.6. The van der Waals surface area contributed by atoms with E-state index in [2.05, 4.69) is 15.0 Å². The van der Waals surface area contributed by atoms with Crippen molar-refractivity contribution in [2.24, 2.45) is 0 Å². The fourth-order valence-corrected chi connectivity index (χ4v) is 5.12. The minimum Gasteiger partial charge on any atom is -0.298 e. The Morgan fingerprint density at radius 1 is 0.938 bits per heavy atom. The summed E-state index contributed by atoms with van der Waals surface area (Å²) >= 11 is 13.4. The van der Waals surface area contributed by atoms with Crippen LogP contribution in [0.15, 0.2) is 83.1 Å². The molecule has 0 bridgehead atoms. The summed E-state index contributed by atoms with van der Waals surface area (Å²) in [5, 5.41) is 5.92. The van der Waals surface area contributed by atoms with Gasteiger partial charge in [-0.3, -0.25) is 14.8 Å². The first-order chi connectivity index (χ1) is 15.3. The van der Waals surface area contributed by atoms with Crippen molar-refractivity contribution in [3.8, 4) is 11.3 Å². The summed E-state index contributed by atoms with van der Waals surface area (Å²) in [5.41, 5.74) is 2.04. The van der Waals surface area contributed by atoms with Crippen molar-refractivity contribution >= 4 is 61.3 Å².